The van der Waals surface area contributed by atoms with Crippen molar-refractivity contribution in [1.29, 1.82) is 0 Å². The molecule has 0 saturated heterocycles. The predicted molar refractivity (Wildman–Crippen MR) is 83.2 cm³/mol. The first-order valence-electron chi connectivity index (χ1n) is 7.38. The molecule has 5 nitrogen and oxygen atoms in total. The second-order valence-corrected chi connectivity index (χ2v) is 6.51. The maximum absolute atomic E-state index is 12.2. The number of nitrogens with zero attached hydrogens (tertiary/aromatic N) is 1. The molecule has 1 aromatic rings. The number of carbonyl (C=O) groups excluding carboxylic acids is 1. The lowest BCUT2D eigenvalue weighted by Crippen LogP contribution is -2.33. The molecule has 0 aliphatic heterocycles. The highest BCUT2D eigenvalue weighted by molar-refractivity contribution is 9.10. The Bertz CT molecular complexity index is 519. The van der Waals surface area contributed by atoms with Crippen LogP contribution in [0.4, 0.5) is 0 Å². The quantitative estimate of drug-likeness (QED) is 0.851. The molecule has 2 N–H and O–H groups in total. The van der Waals surface area contributed by atoms with Crippen LogP contribution in [0.3, 0.4) is 0 Å². The number of aromatic nitrogens is 1. The van der Waals surface area contributed by atoms with E-state index in [4.69, 9.17) is 5.11 Å². The van der Waals surface area contributed by atoms with Crippen LogP contribution >= 0.6 is 15.9 Å². The number of hydrogen-bond acceptors (Lipinski definition) is 2. The number of halogens is 1. The van der Waals surface area contributed by atoms with Gasteiger partial charge in [0.2, 0.25) is 0 Å². The predicted octanol–water partition coefficient (Wildman–Crippen LogP) is 2.89. The molecule has 1 saturated carbocycles. The minimum atomic E-state index is -0.692. The molecule has 0 radical (unpaired) electrons. The molecule has 1 heterocycles. The fraction of sp³-hybridized carbons (Fsp3) is 0.600. The van der Waals surface area contributed by atoms with Crippen molar-refractivity contribution in [2.24, 2.45) is 11.8 Å². The Kier molecular flexibility index (Phi) is 5.45. The number of carbonyl (C=O) groups is 2. The van der Waals surface area contributed by atoms with Gasteiger partial charge in [-0.1, -0.05) is 0 Å². The molecule has 2 rings (SSSR count). The van der Waals surface area contributed by atoms with E-state index in [0.717, 1.165) is 23.9 Å². The molecule has 6 heteroatoms. The second-order valence-electron chi connectivity index (χ2n) is 5.60. The zero-order valence-corrected chi connectivity index (χ0v) is 13.7. The fourth-order valence-corrected chi connectivity index (χ4v) is 3.33. The topological polar surface area (TPSA) is 71.3 Å². The largest absolute Gasteiger partial charge is 0.481 e. The molecule has 1 fully saturated rings. The van der Waals surface area contributed by atoms with Crippen molar-refractivity contribution in [2.75, 3.05) is 6.54 Å². The molecule has 0 unspecified atom stereocenters. The normalized spacial score (nSPS) is 22.0. The highest BCUT2D eigenvalue weighted by atomic mass is 79.9. The van der Waals surface area contributed by atoms with E-state index in [2.05, 4.69) is 21.2 Å². The van der Waals surface area contributed by atoms with Crippen LogP contribution in [-0.2, 0) is 11.3 Å². The number of aryl methyl sites for hydroxylation is 1. The average molecular weight is 357 g/mol. The number of hydrogen-bond donors (Lipinski definition) is 2. The summed E-state index contributed by atoms with van der Waals surface area (Å²) in [6.07, 6.45) is 5.07. The molecule has 21 heavy (non-hydrogen) atoms. The molecule has 0 atom stereocenters. The van der Waals surface area contributed by atoms with E-state index in [0.29, 0.717) is 31.0 Å². The van der Waals surface area contributed by atoms with Gasteiger partial charge in [-0.3, -0.25) is 9.59 Å². The molecule has 1 aliphatic rings. The van der Waals surface area contributed by atoms with Crippen LogP contribution in [0.5, 0.6) is 0 Å². The fourth-order valence-electron chi connectivity index (χ4n) is 2.87. The van der Waals surface area contributed by atoms with Gasteiger partial charge in [-0.15, -0.1) is 0 Å². The van der Waals surface area contributed by atoms with Gasteiger partial charge in [0.05, 0.1) is 5.92 Å². The molecule has 1 aromatic heterocycles. The van der Waals surface area contributed by atoms with Crippen molar-refractivity contribution in [1.82, 2.24) is 9.88 Å². The van der Waals surface area contributed by atoms with Crippen molar-refractivity contribution in [2.45, 2.75) is 39.2 Å². The monoisotopic (exact) mass is 356 g/mol. The summed E-state index contributed by atoms with van der Waals surface area (Å²) in [5, 5.41) is 11.9. The van der Waals surface area contributed by atoms with E-state index >= 15 is 0 Å². The van der Waals surface area contributed by atoms with Gasteiger partial charge >= 0.3 is 5.97 Å². The third-order valence-electron chi connectivity index (χ3n) is 4.18. The SMILES string of the molecule is CCn1cc(Br)cc1C(=O)NCC1CCC(C(=O)O)CC1. The van der Waals surface area contributed by atoms with Crippen molar-refractivity contribution < 1.29 is 14.7 Å². The van der Waals surface area contributed by atoms with E-state index in [1.807, 2.05) is 23.8 Å². The van der Waals surface area contributed by atoms with Crippen LogP contribution in [0.25, 0.3) is 0 Å². The van der Waals surface area contributed by atoms with Gasteiger partial charge in [0.1, 0.15) is 5.69 Å². The molecular weight excluding hydrogens is 336 g/mol. The third kappa shape index (κ3) is 4.09. The first-order chi connectivity index (χ1) is 10.0. The van der Waals surface area contributed by atoms with E-state index in [1.54, 1.807) is 0 Å². The van der Waals surface area contributed by atoms with Crippen LogP contribution in [0.2, 0.25) is 0 Å². The number of aliphatic carboxylic acids is 1. The lowest BCUT2D eigenvalue weighted by molar-refractivity contribution is -0.143. The number of carboxylic acids is 1. The summed E-state index contributed by atoms with van der Waals surface area (Å²) >= 11 is 3.38. The summed E-state index contributed by atoms with van der Waals surface area (Å²) in [5.41, 5.74) is 0.656. The summed E-state index contributed by atoms with van der Waals surface area (Å²) in [4.78, 5) is 23.1. The van der Waals surface area contributed by atoms with Gasteiger partial charge in [0.25, 0.3) is 5.91 Å². The Morgan fingerprint density at radius 3 is 2.62 bits per heavy atom. The van der Waals surface area contributed by atoms with Crippen LogP contribution in [0, 0.1) is 11.8 Å². The number of rotatable bonds is 5. The summed E-state index contributed by atoms with van der Waals surface area (Å²) < 4.78 is 2.80. The van der Waals surface area contributed by atoms with Crippen LogP contribution in [0.15, 0.2) is 16.7 Å². The summed E-state index contributed by atoms with van der Waals surface area (Å²) in [6.45, 7) is 3.37. The first-order valence-corrected chi connectivity index (χ1v) is 8.17. The van der Waals surface area contributed by atoms with E-state index in [9.17, 15) is 9.59 Å². The molecular formula is C15H21BrN2O3. The van der Waals surface area contributed by atoms with Crippen molar-refractivity contribution in [3.05, 3.63) is 22.4 Å². The minimum Gasteiger partial charge on any atom is -0.481 e. The van der Waals surface area contributed by atoms with E-state index in [1.165, 1.54) is 0 Å². The van der Waals surface area contributed by atoms with E-state index < -0.39 is 5.97 Å². The molecule has 0 spiro atoms. The van der Waals surface area contributed by atoms with Crippen LogP contribution < -0.4 is 5.32 Å². The van der Waals surface area contributed by atoms with Gasteiger partial charge in [0.15, 0.2) is 0 Å². The zero-order chi connectivity index (χ0) is 15.4. The third-order valence-corrected chi connectivity index (χ3v) is 4.62. The van der Waals surface area contributed by atoms with Crippen LogP contribution in [0.1, 0.15) is 43.1 Å². The number of amides is 1. The summed E-state index contributed by atoms with van der Waals surface area (Å²) in [7, 11) is 0. The Morgan fingerprint density at radius 1 is 1.38 bits per heavy atom. The molecule has 0 bridgehead atoms. The summed E-state index contributed by atoms with van der Waals surface area (Å²) in [5.74, 6) is -0.575. The first kappa shape index (κ1) is 16.1. The molecule has 1 aliphatic carbocycles. The lowest BCUT2D eigenvalue weighted by atomic mass is 9.82. The van der Waals surface area contributed by atoms with Gasteiger partial charge < -0.3 is 15.0 Å². The van der Waals surface area contributed by atoms with Gasteiger partial charge in [-0.05, 0) is 60.5 Å². The van der Waals surface area contributed by atoms with E-state index in [-0.39, 0.29) is 11.8 Å². The smallest absolute Gasteiger partial charge is 0.306 e. The maximum atomic E-state index is 12.2. The maximum Gasteiger partial charge on any atom is 0.306 e. The van der Waals surface area contributed by atoms with Crippen molar-refractivity contribution in [3.63, 3.8) is 0 Å². The minimum absolute atomic E-state index is 0.0668. The number of nitrogens with one attached hydrogen (secondary N) is 1. The van der Waals surface area contributed by atoms with Gasteiger partial charge in [-0.25, -0.2) is 0 Å². The Labute approximate surface area is 132 Å². The summed E-state index contributed by atoms with van der Waals surface area (Å²) in [6, 6.07) is 1.82. The Balaban J connectivity index is 1.83. The zero-order valence-electron chi connectivity index (χ0n) is 12.1. The van der Waals surface area contributed by atoms with Crippen LogP contribution in [-0.4, -0.2) is 28.1 Å². The van der Waals surface area contributed by atoms with Gasteiger partial charge in [-0.2, -0.15) is 0 Å². The highest BCUT2D eigenvalue weighted by Gasteiger charge is 2.26. The molecule has 116 valence electrons. The number of carboxylic acid groups (broad SMARTS) is 1. The molecule has 0 aromatic carbocycles. The van der Waals surface area contributed by atoms with Gasteiger partial charge in [0, 0.05) is 23.8 Å². The Hall–Kier alpha value is -1.30. The van der Waals surface area contributed by atoms with Crippen molar-refractivity contribution in [3.8, 4) is 0 Å². The van der Waals surface area contributed by atoms with Crippen molar-refractivity contribution >= 4 is 27.8 Å². The lowest BCUT2D eigenvalue weighted by Gasteiger charge is -2.26. The second kappa shape index (κ2) is 7.11. The molecule has 1 amide bonds. The highest BCUT2D eigenvalue weighted by Crippen LogP contribution is 2.28. The Morgan fingerprint density at radius 2 is 2.05 bits per heavy atom. The standard InChI is InChI=1S/C15H21BrN2O3/c1-2-18-9-12(16)7-13(18)14(19)17-8-10-3-5-11(6-4-10)15(20)21/h7,9-11H,2-6,8H2,1H3,(H,17,19)(H,20,21). The average Bonchev–Trinajstić information content (AvgIpc) is 2.86.